The van der Waals surface area contributed by atoms with Gasteiger partial charge in [0.05, 0.1) is 0 Å². The van der Waals surface area contributed by atoms with Crippen molar-refractivity contribution in [3.8, 4) is 0 Å². The number of amides is 1. The number of nitrogens with zero attached hydrogens (tertiary/aromatic N) is 2. The highest BCUT2D eigenvalue weighted by atomic mass is 32.1. The molecule has 2 heterocycles. The van der Waals surface area contributed by atoms with Crippen LogP contribution in [0.4, 0.5) is 10.9 Å². The Bertz CT molecular complexity index is 579. The summed E-state index contributed by atoms with van der Waals surface area (Å²) in [6.45, 7) is 2.04. The van der Waals surface area contributed by atoms with Gasteiger partial charge >= 0.3 is 0 Å². The lowest BCUT2D eigenvalue weighted by atomic mass is 10.2. The number of nitrogens with two attached hydrogens (primary N) is 1. The number of nitrogens with one attached hydrogen (secondary N) is 1. The van der Waals surface area contributed by atoms with E-state index in [-0.39, 0.29) is 11.9 Å². The molecule has 1 unspecified atom stereocenters. The Balaban J connectivity index is 2.09. The normalized spacial score (nSPS) is 12.2. The largest absolute Gasteiger partial charge is 0.382 e. The lowest BCUT2D eigenvalue weighted by molar-refractivity contribution is 0.0749. The van der Waals surface area contributed by atoms with Crippen molar-refractivity contribution in [3.05, 3.63) is 27.3 Å². The highest BCUT2D eigenvalue weighted by Gasteiger charge is 2.23. The Morgan fingerprint density at radius 2 is 2.35 bits per heavy atom. The SMILES string of the molecule is CNc1nc(N)c(C(=O)N(C)C(C)Cc2cccs2)s1. The molecule has 0 aromatic carbocycles. The smallest absolute Gasteiger partial charge is 0.267 e. The molecule has 1 atom stereocenters. The highest BCUT2D eigenvalue weighted by Crippen LogP contribution is 2.26. The molecule has 0 bridgehead atoms. The van der Waals surface area contributed by atoms with Gasteiger partial charge in [0.15, 0.2) is 5.13 Å². The Kier molecular flexibility index (Phi) is 4.61. The van der Waals surface area contributed by atoms with E-state index in [1.54, 1.807) is 30.3 Å². The number of hydrogen-bond donors (Lipinski definition) is 2. The second kappa shape index (κ2) is 6.23. The zero-order valence-electron chi connectivity index (χ0n) is 11.7. The minimum absolute atomic E-state index is 0.0782. The molecule has 0 saturated carbocycles. The predicted molar refractivity (Wildman–Crippen MR) is 85.7 cm³/mol. The van der Waals surface area contributed by atoms with Crippen LogP contribution < -0.4 is 11.1 Å². The summed E-state index contributed by atoms with van der Waals surface area (Å²) in [5.41, 5.74) is 5.81. The lowest BCUT2D eigenvalue weighted by Gasteiger charge is -2.24. The van der Waals surface area contributed by atoms with Gasteiger partial charge in [-0.25, -0.2) is 4.98 Å². The second-order valence-electron chi connectivity index (χ2n) is 4.53. The van der Waals surface area contributed by atoms with Crippen molar-refractivity contribution in [2.45, 2.75) is 19.4 Å². The number of anilines is 2. The molecule has 0 aliphatic heterocycles. The maximum atomic E-state index is 12.5. The number of thiazole rings is 1. The van der Waals surface area contributed by atoms with Crippen molar-refractivity contribution in [3.63, 3.8) is 0 Å². The van der Waals surface area contributed by atoms with E-state index in [9.17, 15) is 4.79 Å². The van der Waals surface area contributed by atoms with Gasteiger partial charge in [0.2, 0.25) is 0 Å². The fourth-order valence-corrected chi connectivity index (χ4v) is 3.46. The zero-order chi connectivity index (χ0) is 14.7. The van der Waals surface area contributed by atoms with Gasteiger partial charge in [0.25, 0.3) is 5.91 Å². The van der Waals surface area contributed by atoms with Crippen LogP contribution >= 0.6 is 22.7 Å². The number of carbonyl (C=O) groups is 1. The van der Waals surface area contributed by atoms with Crippen LogP contribution in [0.25, 0.3) is 0 Å². The first-order chi connectivity index (χ1) is 9.52. The van der Waals surface area contributed by atoms with Crippen LogP contribution in [0.15, 0.2) is 17.5 Å². The molecule has 0 spiro atoms. The van der Waals surface area contributed by atoms with Gasteiger partial charge in [-0.05, 0) is 18.4 Å². The van der Waals surface area contributed by atoms with Crippen LogP contribution in [-0.4, -0.2) is 35.9 Å². The Morgan fingerprint density at radius 3 is 2.90 bits per heavy atom. The van der Waals surface area contributed by atoms with Crippen molar-refractivity contribution in [1.29, 1.82) is 0 Å². The molecule has 1 amide bonds. The Hall–Kier alpha value is -1.60. The molecular weight excluding hydrogens is 292 g/mol. The molecule has 3 N–H and O–H groups in total. The van der Waals surface area contributed by atoms with Gasteiger partial charge in [-0.1, -0.05) is 17.4 Å². The Labute approximate surface area is 126 Å². The van der Waals surface area contributed by atoms with Crippen molar-refractivity contribution in [2.75, 3.05) is 25.1 Å². The summed E-state index contributed by atoms with van der Waals surface area (Å²) < 4.78 is 0. The Morgan fingerprint density at radius 1 is 1.60 bits per heavy atom. The number of hydrogen-bond acceptors (Lipinski definition) is 6. The molecule has 5 nitrogen and oxygen atoms in total. The van der Waals surface area contributed by atoms with E-state index in [0.717, 1.165) is 6.42 Å². The highest BCUT2D eigenvalue weighted by molar-refractivity contribution is 7.18. The van der Waals surface area contributed by atoms with E-state index in [1.807, 2.05) is 18.4 Å². The number of rotatable bonds is 5. The van der Waals surface area contributed by atoms with Crippen molar-refractivity contribution in [1.82, 2.24) is 9.88 Å². The quantitative estimate of drug-likeness (QED) is 0.890. The first-order valence-corrected chi connectivity index (χ1v) is 7.96. The fraction of sp³-hybridized carbons (Fsp3) is 0.385. The van der Waals surface area contributed by atoms with Crippen molar-refractivity contribution < 1.29 is 4.79 Å². The summed E-state index contributed by atoms with van der Waals surface area (Å²) in [6, 6.07) is 4.22. The summed E-state index contributed by atoms with van der Waals surface area (Å²) in [4.78, 5) is 20.1. The summed E-state index contributed by atoms with van der Waals surface area (Å²) in [5.74, 6) is 0.213. The molecule has 0 saturated heterocycles. The van der Waals surface area contributed by atoms with Crippen LogP contribution in [0.3, 0.4) is 0 Å². The van der Waals surface area contributed by atoms with Crippen LogP contribution in [0.5, 0.6) is 0 Å². The van der Waals surface area contributed by atoms with Crippen LogP contribution in [-0.2, 0) is 6.42 Å². The molecular formula is C13H18N4OS2. The maximum Gasteiger partial charge on any atom is 0.267 e. The second-order valence-corrected chi connectivity index (χ2v) is 6.56. The van der Waals surface area contributed by atoms with Crippen LogP contribution in [0.2, 0.25) is 0 Å². The number of nitrogen functional groups attached to an aromatic ring is 1. The first kappa shape index (κ1) is 14.8. The monoisotopic (exact) mass is 310 g/mol. The summed E-state index contributed by atoms with van der Waals surface area (Å²) in [6.07, 6.45) is 0.845. The van der Waals surface area contributed by atoms with E-state index in [2.05, 4.69) is 16.4 Å². The topological polar surface area (TPSA) is 71.2 Å². The van der Waals surface area contributed by atoms with Gasteiger partial charge in [-0.15, -0.1) is 11.3 Å². The maximum absolute atomic E-state index is 12.5. The summed E-state index contributed by atoms with van der Waals surface area (Å²) >= 11 is 2.99. The minimum atomic E-state index is -0.0782. The van der Waals surface area contributed by atoms with Gasteiger partial charge in [0.1, 0.15) is 10.7 Å². The molecule has 7 heteroatoms. The van der Waals surface area contributed by atoms with Crippen molar-refractivity contribution in [2.24, 2.45) is 0 Å². The number of aromatic nitrogens is 1. The first-order valence-electron chi connectivity index (χ1n) is 6.26. The van der Waals surface area contributed by atoms with E-state index >= 15 is 0 Å². The average molecular weight is 310 g/mol. The van der Waals surface area contributed by atoms with E-state index in [1.165, 1.54) is 16.2 Å². The van der Waals surface area contributed by atoms with E-state index in [4.69, 9.17) is 5.73 Å². The molecule has 0 radical (unpaired) electrons. The van der Waals surface area contributed by atoms with Gasteiger partial charge in [-0.2, -0.15) is 0 Å². The summed E-state index contributed by atoms with van der Waals surface area (Å²) in [7, 11) is 3.56. The standard InChI is InChI=1S/C13H18N4OS2/c1-8(7-9-5-4-6-19-9)17(3)12(18)10-11(14)16-13(15-2)20-10/h4-6,8H,7,14H2,1-3H3,(H,15,16). The van der Waals surface area contributed by atoms with Gasteiger partial charge in [-0.3, -0.25) is 4.79 Å². The fourth-order valence-electron chi connectivity index (χ4n) is 1.81. The molecule has 108 valence electrons. The minimum Gasteiger partial charge on any atom is -0.382 e. The number of thiophene rings is 1. The number of carbonyl (C=O) groups excluding carboxylic acids is 1. The zero-order valence-corrected chi connectivity index (χ0v) is 13.3. The van der Waals surface area contributed by atoms with Gasteiger partial charge in [0, 0.05) is 31.4 Å². The molecule has 0 aliphatic rings. The molecule has 2 aromatic rings. The van der Waals surface area contributed by atoms with E-state index in [0.29, 0.717) is 15.8 Å². The van der Waals surface area contributed by atoms with Crippen LogP contribution in [0.1, 0.15) is 21.5 Å². The summed E-state index contributed by atoms with van der Waals surface area (Å²) in [5, 5.41) is 5.61. The van der Waals surface area contributed by atoms with E-state index < -0.39 is 0 Å². The molecule has 2 rings (SSSR count). The molecule has 0 fully saturated rings. The molecule has 20 heavy (non-hydrogen) atoms. The third kappa shape index (κ3) is 3.10. The number of likely N-dealkylation sites (N-methyl/N-ethyl adjacent to an activating group) is 1. The third-order valence-corrected chi connectivity index (χ3v) is 5.10. The van der Waals surface area contributed by atoms with Crippen molar-refractivity contribution >= 4 is 39.5 Å². The van der Waals surface area contributed by atoms with Gasteiger partial charge < -0.3 is 16.0 Å². The molecule has 2 aromatic heterocycles. The molecule has 0 aliphatic carbocycles. The lowest BCUT2D eigenvalue weighted by Crippen LogP contribution is -2.36. The van der Waals surface area contributed by atoms with Crippen LogP contribution in [0, 0.1) is 0 Å². The predicted octanol–water partition coefficient (Wildman–Crippen LogP) is 2.53. The average Bonchev–Trinajstić information content (AvgIpc) is 3.06. The third-order valence-electron chi connectivity index (χ3n) is 3.12.